The average molecular weight is 334 g/mol. The van der Waals surface area contributed by atoms with E-state index in [1.807, 2.05) is 13.8 Å². The largest absolute Gasteiger partial charge is 0.338 e. The van der Waals surface area contributed by atoms with Gasteiger partial charge in [-0.3, -0.25) is 9.69 Å². The molecular formula is C17H23FN4O2. The summed E-state index contributed by atoms with van der Waals surface area (Å²) in [5.41, 5.74) is 6.42. The Hall–Kier alpha value is -2.15. The molecule has 2 saturated heterocycles. The molecule has 2 aliphatic heterocycles. The number of hydrogen-bond donors (Lipinski definition) is 2. The van der Waals surface area contributed by atoms with Crippen molar-refractivity contribution in [3.8, 4) is 0 Å². The minimum Gasteiger partial charge on any atom is -0.338 e. The van der Waals surface area contributed by atoms with E-state index in [0.717, 1.165) is 0 Å². The molecule has 3 rings (SSSR count). The van der Waals surface area contributed by atoms with Crippen LogP contribution < -0.4 is 16.0 Å². The molecule has 2 heterocycles. The van der Waals surface area contributed by atoms with Gasteiger partial charge in [-0.15, -0.1) is 0 Å². The predicted molar refractivity (Wildman–Crippen MR) is 89.4 cm³/mol. The number of likely N-dealkylation sites (tertiary alicyclic amines) is 1. The zero-order valence-electron chi connectivity index (χ0n) is 14.0. The number of nitrogens with one attached hydrogen (secondary N) is 1. The Balaban J connectivity index is 1.86. The number of carbonyl (C=O) groups excluding carboxylic acids is 2. The van der Waals surface area contributed by atoms with Gasteiger partial charge in [0.05, 0.1) is 5.56 Å². The van der Waals surface area contributed by atoms with Crippen LogP contribution in [0.4, 0.5) is 14.9 Å². The van der Waals surface area contributed by atoms with Crippen LogP contribution >= 0.6 is 0 Å². The molecule has 1 atom stereocenters. The molecule has 3 amide bonds. The zero-order valence-corrected chi connectivity index (χ0v) is 14.0. The lowest BCUT2D eigenvalue weighted by molar-refractivity contribution is 0.0528. The normalized spacial score (nSPS) is 23.3. The van der Waals surface area contributed by atoms with Gasteiger partial charge >= 0.3 is 6.03 Å². The molecule has 2 aliphatic rings. The number of halogens is 1. The van der Waals surface area contributed by atoms with E-state index in [2.05, 4.69) is 5.32 Å². The standard InChI is InChI=1S/C17H23FN4O2/c1-17(2)10-21(7-5-14(17)19)15(23)12-9-11(3-4-13(12)18)22-8-6-20-16(22)24/h3-4,9,14H,5-8,10,19H2,1-2H3,(H,20,24). The number of nitrogens with two attached hydrogens (primary N) is 1. The van der Waals surface area contributed by atoms with Crippen LogP contribution in [-0.4, -0.2) is 49.1 Å². The number of benzene rings is 1. The van der Waals surface area contributed by atoms with Crippen LogP contribution in [0.15, 0.2) is 18.2 Å². The Kier molecular flexibility index (Phi) is 4.21. The van der Waals surface area contributed by atoms with Crippen LogP contribution in [0.5, 0.6) is 0 Å². The lowest BCUT2D eigenvalue weighted by Crippen LogP contribution is -2.54. The summed E-state index contributed by atoms with van der Waals surface area (Å²) < 4.78 is 14.2. The fourth-order valence-corrected chi connectivity index (χ4v) is 3.28. The maximum absolute atomic E-state index is 14.2. The Labute approximate surface area is 140 Å². The highest BCUT2D eigenvalue weighted by atomic mass is 19.1. The molecule has 0 spiro atoms. The van der Waals surface area contributed by atoms with Crippen LogP contribution in [0.25, 0.3) is 0 Å². The molecule has 0 aliphatic carbocycles. The van der Waals surface area contributed by atoms with Gasteiger partial charge in [-0.2, -0.15) is 0 Å². The van der Waals surface area contributed by atoms with Gasteiger partial charge in [0.1, 0.15) is 5.82 Å². The van der Waals surface area contributed by atoms with Crippen molar-refractivity contribution in [1.82, 2.24) is 10.2 Å². The van der Waals surface area contributed by atoms with Gasteiger partial charge in [0.15, 0.2) is 0 Å². The van der Waals surface area contributed by atoms with Gasteiger partial charge in [-0.25, -0.2) is 9.18 Å². The zero-order chi connectivity index (χ0) is 17.5. The van der Waals surface area contributed by atoms with Gasteiger partial charge in [-0.05, 0) is 30.0 Å². The number of nitrogens with zero attached hydrogens (tertiary/aromatic N) is 2. The van der Waals surface area contributed by atoms with Crippen molar-refractivity contribution in [3.05, 3.63) is 29.6 Å². The number of anilines is 1. The maximum Gasteiger partial charge on any atom is 0.321 e. The van der Waals surface area contributed by atoms with E-state index in [9.17, 15) is 14.0 Å². The first kappa shape index (κ1) is 16.7. The number of amides is 3. The van der Waals surface area contributed by atoms with Crippen LogP contribution in [-0.2, 0) is 0 Å². The van der Waals surface area contributed by atoms with Crippen molar-refractivity contribution >= 4 is 17.6 Å². The van der Waals surface area contributed by atoms with E-state index >= 15 is 0 Å². The summed E-state index contributed by atoms with van der Waals surface area (Å²) in [5, 5.41) is 2.69. The Bertz CT molecular complexity index is 677. The van der Waals surface area contributed by atoms with Crippen molar-refractivity contribution in [2.24, 2.45) is 11.1 Å². The van der Waals surface area contributed by atoms with Crippen molar-refractivity contribution in [2.45, 2.75) is 26.3 Å². The second kappa shape index (κ2) is 6.05. The van der Waals surface area contributed by atoms with E-state index in [-0.39, 0.29) is 29.0 Å². The van der Waals surface area contributed by atoms with E-state index in [1.165, 1.54) is 23.1 Å². The Morgan fingerprint density at radius 2 is 2.12 bits per heavy atom. The minimum absolute atomic E-state index is 0.00142. The van der Waals surface area contributed by atoms with E-state index in [1.54, 1.807) is 4.90 Å². The first-order valence-electron chi connectivity index (χ1n) is 8.19. The third-order valence-corrected chi connectivity index (χ3v) is 4.95. The fraction of sp³-hybridized carbons (Fsp3) is 0.529. The smallest absolute Gasteiger partial charge is 0.321 e. The van der Waals surface area contributed by atoms with Crippen molar-refractivity contribution < 1.29 is 14.0 Å². The average Bonchev–Trinajstić information content (AvgIpc) is 2.96. The first-order chi connectivity index (χ1) is 11.3. The van der Waals surface area contributed by atoms with Crippen molar-refractivity contribution in [3.63, 3.8) is 0 Å². The lowest BCUT2D eigenvalue weighted by atomic mass is 9.79. The van der Waals surface area contributed by atoms with E-state index in [4.69, 9.17) is 5.73 Å². The van der Waals surface area contributed by atoms with Gasteiger partial charge in [-0.1, -0.05) is 13.8 Å². The van der Waals surface area contributed by atoms with Crippen LogP contribution in [0.1, 0.15) is 30.6 Å². The third-order valence-electron chi connectivity index (χ3n) is 4.95. The van der Waals surface area contributed by atoms with Crippen molar-refractivity contribution in [2.75, 3.05) is 31.1 Å². The summed E-state index contributed by atoms with van der Waals surface area (Å²) >= 11 is 0. The molecule has 6 nitrogen and oxygen atoms in total. The van der Waals surface area contributed by atoms with Crippen LogP contribution in [0.2, 0.25) is 0 Å². The molecular weight excluding hydrogens is 311 g/mol. The van der Waals surface area contributed by atoms with Gasteiger partial charge in [0, 0.05) is 37.9 Å². The molecule has 1 aromatic rings. The molecule has 2 fully saturated rings. The van der Waals surface area contributed by atoms with Crippen LogP contribution in [0, 0.1) is 11.2 Å². The first-order valence-corrected chi connectivity index (χ1v) is 8.19. The number of urea groups is 1. The second-order valence-electron chi connectivity index (χ2n) is 7.16. The topological polar surface area (TPSA) is 78.7 Å². The molecule has 0 saturated carbocycles. The molecule has 7 heteroatoms. The maximum atomic E-state index is 14.2. The number of hydrogen-bond acceptors (Lipinski definition) is 3. The molecule has 1 unspecified atom stereocenters. The second-order valence-corrected chi connectivity index (χ2v) is 7.16. The van der Waals surface area contributed by atoms with Gasteiger partial charge < -0.3 is 16.0 Å². The summed E-state index contributed by atoms with van der Waals surface area (Å²) in [7, 11) is 0. The highest BCUT2D eigenvalue weighted by Gasteiger charge is 2.36. The SMILES string of the molecule is CC1(C)CN(C(=O)c2cc(N3CCNC3=O)ccc2F)CCC1N. The summed E-state index contributed by atoms with van der Waals surface area (Å²) in [4.78, 5) is 27.7. The fourth-order valence-electron chi connectivity index (χ4n) is 3.28. The molecule has 0 radical (unpaired) electrons. The molecule has 24 heavy (non-hydrogen) atoms. The van der Waals surface area contributed by atoms with Gasteiger partial charge in [0.2, 0.25) is 0 Å². The summed E-state index contributed by atoms with van der Waals surface area (Å²) in [6.07, 6.45) is 0.689. The number of carbonyl (C=O) groups is 2. The quantitative estimate of drug-likeness (QED) is 0.861. The third kappa shape index (κ3) is 2.96. The Morgan fingerprint density at radius 1 is 1.38 bits per heavy atom. The van der Waals surface area contributed by atoms with E-state index < -0.39 is 5.82 Å². The number of piperidine rings is 1. The lowest BCUT2D eigenvalue weighted by Gasteiger charge is -2.42. The summed E-state index contributed by atoms with van der Waals surface area (Å²) in [5.74, 6) is -0.926. The minimum atomic E-state index is -0.573. The highest BCUT2D eigenvalue weighted by molar-refractivity contribution is 5.98. The summed E-state index contributed by atoms with van der Waals surface area (Å²) in [6.45, 7) is 6.07. The molecule has 0 aromatic heterocycles. The monoisotopic (exact) mass is 334 g/mol. The van der Waals surface area contributed by atoms with Crippen LogP contribution in [0.3, 0.4) is 0 Å². The number of rotatable bonds is 2. The van der Waals surface area contributed by atoms with E-state index in [0.29, 0.717) is 38.3 Å². The predicted octanol–water partition coefficient (Wildman–Crippen LogP) is 1.55. The molecule has 3 N–H and O–H groups in total. The summed E-state index contributed by atoms with van der Waals surface area (Å²) in [6, 6.07) is 4.02. The molecule has 0 bridgehead atoms. The molecule has 130 valence electrons. The molecule has 1 aromatic carbocycles. The van der Waals surface area contributed by atoms with Gasteiger partial charge in [0.25, 0.3) is 5.91 Å². The highest BCUT2D eigenvalue weighted by Crippen LogP contribution is 2.29. The van der Waals surface area contributed by atoms with Crippen molar-refractivity contribution in [1.29, 1.82) is 0 Å². The Morgan fingerprint density at radius 3 is 2.75 bits per heavy atom.